The molecule has 0 unspecified atom stereocenters. The number of rotatable bonds is 2. The Labute approximate surface area is 83.2 Å². The van der Waals surface area contributed by atoms with E-state index in [0.717, 1.165) is 18.4 Å². The van der Waals surface area contributed by atoms with Crippen molar-refractivity contribution in [1.29, 1.82) is 0 Å². The van der Waals surface area contributed by atoms with Crippen molar-refractivity contribution >= 4 is 12.0 Å². The Morgan fingerprint density at radius 2 is 2.50 bits per heavy atom. The van der Waals surface area contributed by atoms with Gasteiger partial charge in [0, 0.05) is 12.2 Å². The number of allylic oxidation sites excluding steroid dienone is 1. The first-order valence-corrected chi connectivity index (χ1v) is 4.98. The normalized spacial score (nSPS) is 13.8. The zero-order valence-electron chi connectivity index (χ0n) is 8.26. The molecule has 1 heterocycles. The van der Waals surface area contributed by atoms with Gasteiger partial charge in [0.05, 0.1) is 0 Å². The minimum Gasteiger partial charge on any atom is -0.354 e. The van der Waals surface area contributed by atoms with Crippen LogP contribution in [0.3, 0.4) is 0 Å². The Bertz CT molecular complexity index is 377. The van der Waals surface area contributed by atoms with Gasteiger partial charge in [0.1, 0.15) is 5.69 Å². The van der Waals surface area contributed by atoms with Crippen molar-refractivity contribution in [3.63, 3.8) is 0 Å². The van der Waals surface area contributed by atoms with Crippen molar-refractivity contribution in [2.75, 3.05) is 6.54 Å². The van der Waals surface area contributed by atoms with Crippen LogP contribution in [0.15, 0.2) is 12.1 Å². The van der Waals surface area contributed by atoms with Crippen molar-refractivity contribution in [2.24, 2.45) is 0 Å². The molecule has 1 aliphatic carbocycles. The second-order valence-electron chi connectivity index (χ2n) is 3.42. The van der Waals surface area contributed by atoms with Crippen molar-refractivity contribution in [3.8, 4) is 0 Å². The van der Waals surface area contributed by atoms with E-state index in [9.17, 15) is 4.79 Å². The molecule has 74 valence electrons. The van der Waals surface area contributed by atoms with E-state index in [1.54, 1.807) is 0 Å². The Hall–Kier alpha value is -1.51. The molecule has 14 heavy (non-hydrogen) atoms. The number of aromatic nitrogens is 1. The van der Waals surface area contributed by atoms with Gasteiger partial charge in [0.15, 0.2) is 0 Å². The molecule has 0 radical (unpaired) electrons. The van der Waals surface area contributed by atoms with E-state index in [1.807, 2.05) is 13.0 Å². The number of aryl methyl sites for hydroxylation is 1. The van der Waals surface area contributed by atoms with Gasteiger partial charge in [-0.05, 0) is 31.4 Å². The largest absolute Gasteiger partial charge is 0.354 e. The monoisotopic (exact) mass is 190 g/mol. The van der Waals surface area contributed by atoms with Crippen molar-refractivity contribution in [2.45, 2.75) is 19.8 Å². The molecule has 1 amide bonds. The fraction of sp³-hybridized carbons (Fsp3) is 0.364. The molecule has 2 N–H and O–H groups in total. The quantitative estimate of drug-likeness (QED) is 0.732. The summed E-state index contributed by atoms with van der Waals surface area (Å²) in [6, 6.07) is 1.91. The average Bonchev–Trinajstić information content (AvgIpc) is 2.61. The second kappa shape index (κ2) is 3.70. The molecule has 3 nitrogen and oxygen atoms in total. The fourth-order valence-corrected chi connectivity index (χ4v) is 1.69. The standard InChI is InChI=1S/C11H14N2O/c1-2-12-11(14)10-7-8-5-3-4-6-9(8)13-10/h3,5,7,13H,2,4,6H2,1H3,(H,12,14). The summed E-state index contributed by atoms with van der Waals surface area (Å²) in [6.07, 6.45) is 6.27. The number of fused-ring (bicyclic) bond motifs is 1. The van der Waals surface area contributed by atoms with E-state index in [-0.39, 0.29) is 5.91 Å². The molecule has 0 saturated carbocycles. The molecule has 0 atom stereocenters. The highest BCUT2D eigenvalue weighted by atomic mass is 16.1. The topological polar surface area (TPSA) is 44.9 Å². The van der Waals surface area contributed by atoms with Crippen molar-refractivity contribution < 1.29 is 4.79 Å². The summed E-state index contributed by atoms with van der Waals surface area (Å²) in [6.45, 7) is 2.58. The lowest BCUT2D eigenvalue weighted by Gasteiger charge is -2.02. The maximum absolute atomic E-state index is 11.5. The zero-order chi connectivity index (χ0) is 9.97. The van der Waals surface area contributed by atoms with Gasteiger partial charge in [0.25, 0.3) is 5.91 Å². The fourth-order valence-electron chi connectivity index (χ4n) is 1.69. The summed E-state index contributed by atoms with van der Waals surface area (Å²) in [5.41, 5.74) is 3.00. The summed E-state index contributed by atoms with van der Waals surface area (Å²) >= 11 is 0. The van der Waals surface area contributed by atoms with Crippen LogP contribution in [-0.2, 0) is 6.42 Å². The molecule has 3 heteroatoms. The number of nitrogens with one attached hydrogen (secondary N) is 2. The van der Waals surface area contributed by atoms with Crippen LogP contribution in [0, 0.1) is 0 Å². The first-order valence-electron chi connectivity index (χ1n) is 4.98. The van der Waals surface area contributed by atoms with Crippen LogP contribution in [0.4, 0.5) is 0 Å². The Morgan fingerprint density at radius 1 is 1.64 bits per heavy atom. The SMILES string of the molecule is CCNC(=O)c1cc2c([nH]1)CCC=C2. The molecule has 0 aliphatic heterocycles. The number of aromatic amines is 1. The maximum atomic E-state index is 11.5. The highest BCUT2D eigenvalue weighted by Gasteiger charge is 2.12. The van der Waals surface area contributed by atoms with Gasteiger partial charge >= 0.3 is 0 Å². The molecular formula is C11H14N2O. The molecule has 0 aromatic carbocycles. The van der Waals surface area contributed by atoms with Crippen LogP contribution in [-0.4, -0.2) is 17.4 Å². The number of hydrogen-bond donors (Lipinski definition) is 2. The highest BCUT2D eigenvalue weighted by molar-refractivity contribution is 5.93. The minimum atomic E-state index is -0.0182. The predicted molar refractivity (Wildman–Crippen MR) is 56.2 cm³/mol. The van der Waals surface area contributed by atoms with E-state index in [1.165, 1.54) is 5.69 Å². The van der Waals surface area contributed by atoms with Crippen LogP contribution < -0.4 is 5.32 Å². The number of amides is 1. The Kier molecular flexibility index (Phi) is 2.39. The lowest BCUT2D eigenvalue weighted by Crippen LogP contribution is -2.22. The summed E-state index contributed by atoms with van der Waals surface area (Å²) < 4.78 is 0. The van der Waals surface area contributed by atoms with Gasteiger partial charge in [-0.1, -0.05) is 12.2 Å². The molecule has 0 bridgehead atoms. The van der Waals surface area contributed by atoms with Crippen LogP contribution in [0.25, 0.3) is 6.08 Å². The van der Waals surface area contributed by atoms with E-state index in [4.69, 9.17) is 0 Å². The summed E-state index contributed by atoms with van der Waals surface area (Å²) in [5.74, 6) is -0.0182. The molecule has 2 rings (SSSR count). The highest BCUT2D eigenvalue weighted by Crippen LogP contribution is 2.19. The molecule has 0 saturated heterocycles. The Morgan fingerprint density at radius 3 is 3.21 bits per heavy atom. The summed E-state index contributed by atoms with van der Waals surface area (Å²) in [5, 5.41) is 2.78. The molecule has 1 aromatic heterocycles. The van der Waals surface area contributed by atoms with Gasteiger partial charge in [0.2, 0.25) is 0 Å². The number of H-pyrrole nitrogens is 1. The van der Waals surface area contributed by atoms with Crippen LogP contribution in [0.1, 0.15) is 35.1 Å². The lowest BCUT2D eigenvalue weighted by molar-refractivity contribution is 0.0951. The van der Waals surface area contributed by atoms with Crippen LogP contribution >= 0.6 is 0 Å². The van der Waals surface area contributed by atoms with Gasteiger partial charge in [-0.3, -0.25) is 4.79 Å². The van der Waals surface area contributed by atoms with Crippen molar-refractivity contribution in [1.82, 2.24) is 10.3 Å². The maximum Gasteiger partial charge on any atom is 0.267 e. The number of carbonyl (C=O) groups excluding carboxylic acids is 1. The minimum absolute atomic E-state index is 0.0182. The van der Waals surface area contributed by atoms with Crippen molar-refractivity contribution in [3.05, 3.63) is 29.1 Å². The second-order valence-corrected chi connectivity index (χ2v) is 3.42. The first-order chi connectivity index (χ1) is 6.81. The Balaban J connectivity index is 2.24. The molecule has 1 aromatic rings. The predicted octanol–water partition coefficient (Wildman–Crippen LogP) is 1.72. The van der Waals surface area contributed by atoms with Crippen LogP contribution in [0.5, 0.6) is 0 Å². The third kappa shape index (κ3) is 1.58. The average molecular weight is 190 g/mol. The van der Waals surface area contributed by atoms with Crippen LogP contribution in [0.2, 0.25) is 0 Å². The lowest BCUT2D eigenvalue weighted by atomic mass is 10.1. The molecule has 0 fully saturated rings. The molecular weight excluding hydrogens is 176 g/mol. The van der Waals surface area contributed by atoms with E-state index in [0.29, 0.717) is 12.2 Å². The van der Waals surface area contributed by atoms with Gasteiger partial charge in [-0.25, -0.2) is 0 Å². The van der Waals surface area contributed by atoms with E-state index >= 15 is 0 Å². The molecule has 0 spiro atoms. The number of carbonyl (C=O) groups is 1. The van der Waals surface area contributed by atoms with Gasteiger partial charge < -0.3 is 10.3 Å². The summed E-state index contributed by atoms with van der Waals surface area (Å²) in [4.78, 5) is 14.7. The number of hydrogen-bond acceptors (Lipinski definition) is 1. The van der Waals surface area contributed by atoms with E-state index < -0.39 is 0 Å². The smallest absolute Gasteiger partial charge is 0.267 e. The first kappa shape index (κ1) is 9.06. The van der Waals surface area contributed by atoms with Gasteiger partial charge in [-0.2, -0.15) is 0 Å². The zero-order valence-corrected chi connectivity index (χ0v) is 8.26. The van der Waals surface area contributed by atoms with Gasteiger partial charge in [-0.15, -0.1) is 0 Å². The third-order valence-electron chi connectivity index (χ3n) is 2.37. The van der Waals surface area contributed by atoms with E-state index in [2.05, 4.69) is 22.5 Å². The molecule has 1 aliphatic rings. The summed E-state index contributed by atoms with van der Waals surface area (Å²) in [7, 11) is 0. The third-order valence-corrected chi connectivity index (χ3v) is 2.37.